The van der Waals surface area contributed by atoms with Gasteiger partial charge < -0.3 is 14.5 Å². The molecule has 176 valence electrons. The summed E-state index contributed by atoms with van der Waals surface area (Å²) in [6.07, 6.45) is 10.2. The smallest absolute Gasteiger partial charge is 0.274 e. The third-order valence-corrected chi connectivity index (χ3v) is 8.72. The third kappa shape index (κ3) is 4.28. The number of aromatic amines is 1. The number of piperidine rings is 1. The minimum Gasteiger partial charge on any atom is -0.371 e. The number of pyridine rings is 1. The van der Waals surface area contributed by atoms with E-state index in [1.165, 1.54) is 25.7 Å². The van der Waals surface area contributed by atoms with E-state index in [1.807, 2.05) is 37.4 Å². The van der Waals surface area contributed by atoms with Crippen LogP contribution in [0.5, 0.6) is 0 Å². The van der Waals surface area contributed by atoms with Crippen molar-refractivity contribution in [1.29, 1.82) is 0 Å². The van der Waals surface area contributed by atoms with E-state index >= 15 is 0 Å². The number of H-pyrrole nitrogens is 1. The van der Waals surface area contributed by atoms with Gasteiger partial charge in [0.2, 0.25) is 10.0 Å². The fraction of sp³-hybridized carbons (Fsp3) is 0.480. The number of nitrogens with one attached hydrogen (secondary N) is 2. The Kier molecular flexibility index (Phi) is 5.51. The van der Waals surface area contributed by atoms with Crippen molar-refractivity contribution in [2.24, 2.45) is 12.5 Å². The molecule has 1 saturated heterocycles. The van der Waals surface area contributed by atoms with Gasteiger partial charge in [0.1, 0.15) is 5.52 Å². The number of nitrogens with zero attached hydrogens (tertiary/aromatic N) is 2. The Balaban J connectivity index is 1.60. The van der Waals surface area contributed by atoms with E-state index in [1.54, 1.807) is 17.8 Å². The molecule has 2 aromatic heterocycles. The minimum absolute atomic E-state index is 0.0784. The summed E-state index contributed by atoms with van der Waals surface area (Å²) in [6, 6.07) is 7.73. The number of hydrogen-bond acceptors (Lipinski definition) is 4. The second-order valence-electron chi connectivity index (χ2n) is 9.72. The van der Waals surface area contributed by atoms with E-state index < -0.39 is 10.0 Å². The van der Waals surface area contributed by atoms with Crippen LogP contribution in [0.2, 0.25) is 0 Å². The number of fused-ring (bicyclic) bond motifs is 1. The van der Waals surface area contributed by atoms with Crippen LogP contribution < -0.4 is 15.2 Å². The molecule has 1 spiro atoms. The van der Waals surface area contributed by atoms with Gasteiger partial charge in [0.05, 0.1) is 5.75 Å². The minimum atomic E-state index is -3.41. The Hall–Kier alpha value is -2.74. The van der Waals surface area contributed by atoms with E-state index in [0.717, 1.165) is 41.7 Å². The van der Waals surface area contributed by atoms with Crippen molar-refractivity contribution >= 4 is 32.3 Å². The lowest BCUT2D eigenvalue weighted by Gasteiger charge is -2.35. The second kappa shape index (κ2) is 8.24. The summed E-state index contributed by atoms with van der Waals surface area (Å²) in [5.74, 6) is 0.108. The van der Waals surface area contributed by atoms with Gasteiger partial charge in [-0.2, -0.15) is 0 Å². The first-order valence-electron chi connectivity index (χ1n) is 11.9. The maximum Gasteiger partial charge on any atom is 0.274 e. The summed E-state index contributed by atoms with van der Waals surface area (Å²) in [7, 11) is -1.66. The predicted octanol–water partition coefficient (Wildman–Crippen LogP) is 4.46. The summed E-state index contributed by atoms with van der Waals surface area (Å²) < 4.78 is 29.5. The van der Waals surface area contributed by atoms with Gasteiger partial charge in [0.25, 0.3) is 5.56 Å². The number of hydrogen-bond donors (Lipinski definition) is 2. The second-order valence-corrected chi connectivity index (χ2v) is 11.6. The van der Waals surface area contributed by atoms with E-state index in [9.17, 15) is 13.2 Å². The van der Waals surface area contributed by atoms with Gasteiger partial charge in [0.15, 0.2) is 0 Å². The van der Waals surface area contributed by atoms with Crippen molar-refractivity contribution in [2.75, 3.05) is 28.5 Å². The molecule has 1 saturated carbocycles. The molecule has 5 rings (SSSR count). The molecule has 1 aromatic carbocycles. The van der Waals surface area contributed by atoms with Gasteiger partial charge in [-0.3, -0.25) is 9.52 Å². The lowest BCUT2D eigenvalue weighted by molar-refractivity contribution is 0.384. The molecule has 7 nitrogen and oxygen atoms in total. The van der Waals surface area contributed by atoms with E-state index in [2.05, 4.69) is 14.6 Å². The summed E-state index contributed by atoms with van der Waals surface area (Å²) >= 11 is 0. The number of benzene rings is 1. The Labute approximate surface area is 194 Å². The molecule has 0 atom stereocenters. The lowest BCUT2D eigenvalue weighted by atomic mass is 9.92. The fourth-order valence-electron chi connectivity index (χ4n) is 5.04. The molecule has 33 heavy (non-hydrogen) atoms. The SMILES string of the molecule is CCCCS(=O)(=O)Nc1ccc(N2CCC3(CC2)CC3)c(-c2cn(C)c(=O)c3[nH]ccc23)c1. The Morgan fingerprint density at radius 1 is 1.09 bits per heavy atom. The average molecular weight is 469 g/mol. The van der Waals surface area contributed by atoms with Crippen LogP contribution in [0.15, 0.2) is 41.5 Å². The predicted molar refractivity (Wildman–Crippen MR) is 134 cm³/mol. The molecule has 0 radical (unpaired) electrons. The zero-order valence-electron chi connectivity index (χ0n) is 19.4. The normalized spacial score (nSPS) is 17.6. The van der Waals surface area contributed by atoms with E-state index in [-0.39, 0.29) is 11.3 Å². The van der Waals surface area contributed by atoms with Crippen LogP contribution in [-0.4, -0.2) is 36.8 Å². The molecule has 3 aromatic rings. The molecule has 1 aliphatic heterocycles. The first-order chi connectivity index (χ1) is 15.8. The lowest BCUT2D eigenvalue weighted by Crippen LogP contribution is -2.34. The molecule has 8 heteroatoms. The van der Waals surface area contributed by atoms with Crippen LogP contribution in [0.1, 0.15) is 45.4 Å². The molecule has 1 aliphatic carbocycles. The van der Waals surface area contributed by atoms with Gasteiger partial charge in [-0.05, 0) is 61.8 Å². The number of aromatic nitrogens is 2. The van der Waals surface area contributed by atoms with E-state index in [0.29, 0.717) is 23.0 Å². The highest BCUT2D eigenvalue weighted by Crippen LogP contribution is 2.54. The van der Waals surface area contributed by atoms with Gasteiger partial charge in [-0.15, -0.1) is 0 Å². The monoisotopic (exact) mass is 468 g/mol. The number of sulfonamides is 1. The first kappa shape index (κ1) is 22.1. The molecule has 0 amide bonds. The van der Waals surface area contributed by atoms with Crippen molar-refractivity contribution in [3.8, 4) is 11.1 Å². The molecule has 2 N–H and O–H groups in total. The van der Waals surface area contributed by atoms with Crippen LogP contribution >= 0.6 is 0 Å². The fourth-order valence-corrected chi connectivity index (χ4v) is 6.30. The van der Waals surface area contributed by atoms with Gasteiger partial charge in [0, 0.05) is 60.4 Å². The Morgan fingerprint density at radius 3 is 2.55 bits per heavy atom. The molecule has 2 fully saturated rings. The third-order valence-electron chi connectivity index (χ3n) is 7.34. The van der Waals surface area contributed by atoms with Crippen LogP contribution in [0.25, 0.3) is 22.0 Å². The van der Waals surface area contributed by atoms with Gasteiger partial charge in [-0.25, -0.2) is 8.42 Å². The number of unbranched alkanes of at least 4 members (excludes halogenated alkanes) is 1. The quantitative estimate of drug-likeness (QED) is 0.536. The maximum atomic E-state index is 12.6. The largest absolute Gasteiger partial charge is 0.371 e. The van der Waals surface area contributed by atoms with Crippen LogP contribution in [-0.2, 0) is 17.1 Å². The van der Waals surface area contributed by atoms with Crippen molar-refractivity contribution in [2.45, 2.75) is 45.4 Å². The van der Waals surface area contributed by atoms with Crippen molar-refractivity contribution < 1.29 is 8.42 Å². The highest BCUT2D eigenvalue weighted by atomic mass is 32.2. The van der Waals surface area contributed by atoms with Crippen molar-refractivity contribution in [3.05, 3.63) is 47.0 Å². The number of anilines is 2. The zero-order chi connectivity index (χ0) is 23.2. The molecule has 0 bridgehead atoms. The van der Waals surface area contributed by atoms with Crippen molar-refractivity contribution in [1.82, 2.24) is 9.55 Å². The van der Waals surface area contributed by atoms with Crippen molar-refractivity contribution in [3.63, 3.8) is 0 Å². The van der Waals surface area contributed by atoms with Gasteiger partial charge in [-0.1, -0.05) is 13.3 Å². The highest BCUT2D eigenvalue weighted by Gasteiger charge is 2.44. The molecule has 3 heterocycles. The molecular weight excluding hydrogens is 436 g/mol. The number of aryl methyl sites for hydroxylation is 1. The highest BCUT2D eigenvalue weighted by molar-refractivity contribution is 7.92. The molecular formula is C25H32N4O3S. The molecule has 2 aliphatic rings. The van der Waals surface area contributed by atoms with Crippen LogP contribution in [0.4, 0.5) is 11.4 Å². The topological polar surface area (TPSA) is 87.2 Å². The van der Waals surface area contributed by atoms with Crippen LogP contribution in [0.3, 0.4) is 0 Å². The van der Waals surface area contributed by atoms with Crippen LogP contribution in [0, 0.1) is 5.41 Å². The summed E-state index contributed by atoms with van der Waals surface area (Å²) in [5.41, 5.74) is 4.55. The Bertz CT molecular complexity index is 1340. The standard InChI is InChI=1S/C25H32N4O3S/c1-3-4-15-33(31,32)27-18-5-6-22(29-13-10-25(8-9-25)11-14-29)20(16-18)21-17-28(2)24(30)23-19(21)7-12-26-23/h5-7,12,16-17,26-27H,3-4,8-11,13-15H2,1-2H3. The van der Waals surface area contributed by atoms with Gasteiger partial charge >= 0.3 is 0 Å². The summed E-state index contributed by atoms with van der Waals surface area (Å²) in [6.45, 7) is 3.97. The summed E-state index contributed by atoms with van der Waals surface area (Å²) in [5, 5.41) is 0.848. The van der Waals surface area contributed by atoms with E-state index in [4.69, 9.17) is 0 Å². The number of rotatable bonds is 7. The zero-order valence-corrected chi connectivity index (χ0v) is 20.2. The first-order valence-corrected chi connectivity index (χ1v) is 13.5. The maximum absolute atomic E-state index is 12.6. The Morgan fingerprint density at radius 2 is 1.85 bits per heavy atom. The molecule has 0 unspecified atom stereocenters. The summed E-state index contributed by atoms with van der Waals surface area (Å²) in [4.78, 5) is 18.1. The average Bonchev–Trinajstić information content (AvgIpc) is 3.36.